The number of nitrogens with zero attached hydrogens (tertiary/aromatic N) is 6. The molecule has 11 heteroatoms. The molecule has 1 atom stereocenters. The van der Waals surface area contributed by atoms with E-state index in [2.05, 4.69) is 16.3 Å². The summed E-state index contributed by atoms with van der Waals surface area (Å²) in [5.74, 6) is 0.497. The monoisotopic (exact) mass is 483 g/mol. The van der Waals surface area contributed by atoms with Gasteiger partial charge in [-0.25, -0.2) is 4.68 Å². The third-order valence-corrected chi connectivity index (χ3v) is 6.03. The number of nitrogens with two attached hydrogens (primary N) is 1. The Balaban J connectivity index is 1.63. The lowest BCUT2D eigenvalue weighted by atomic mass is 9.83. The van der Waals surface area contributed by atoms with Gasteiger partial charge in [0.1, 0.15) is 29.8 Å². The average molecular weight is 483 g/mol. The molecule has 2 aromatic carbocycles. The van der Waals surface area contributed by atoms with Gasteiger partial charge in [0.05, 0.1) is 41.4 Å². The Labute approximate surface area is 205 Å². The number of aromatic nitrogens is 4. The van der Waals surface area contributed by atoms with Crippen LogP contribution in [0.25, 0.3) is 5.69 Å². The van der Waals surface area contributed by atoms with Crippen molar-refractivity contribution >= 4 is 5.69 Å². The number of para-hydroxylation sites is 1. The summed E-state index contributed by atoms with van der Waals surface area (Å²) in [6.07, 6.45) is 2.55. The Hall–Kier alpha value is -5.11. The van der Waals surface area contributed by atoms with E-state index >= 15 is 0 Å². The lowest BCUT2D eigenvalue weighted by Gasteiger charge is -2.25. The zero-order chi connectivity index (χ0) is 25.4. The summed E-state index contributed by atoms with van der Waals surface area (Å²) >= 11 is 0. The minimum atomic E-state index is -0.534. The Morgan fingerprint density at radius 2 is 2.06 bits per heavy atom. The van der Waals surface area contributed by atoms with Gasteiger partial charge in [0.25, 0.3) is 0 Å². The molecule has 36 heavy (non-hydrogen) atoms. The summed E-state index contributed by atoms with van der Waals surface area (Å²) in [6.45, 7) is 2.09. The molecule has 1 unspecified atom stereocenters. The Kier molecular flexibility index (Phi) is 5.62. The standard InChI is InChI=1S/C25H21N7O4/c1-15-22-23(20(11-26)24(27)36-25(22)31(29-15)18-6-4-3-5-7-18)16-8-9-21(35-2)17(10-16)13-30-14-19(12-28-30)32(33)34/h3-10,12,14,23H,13,27H2,1-2H3. The first-order chi connectivity index (χ1) is 17.4. The number of benzene rings is 2. The van der Waals surface area contributed by atoms with Gasteiger partial charge < -0.3 is 15.2 Å². The highest BCUT2D eigenvalue weighted by molar-refractivity contribution is 5.58. The van der Waals surface area contributed by atoms with E-state index in [1.807, 2.05) is 49.4 Å². The topological polar surface area (TPSA) is 147 Å². The molecule has 0 bridgehead atoms. The minimum Gasteiger partial charge on any atom is -0.496 e. The molecule has 4 aromatic rings. The van der Waals surface area contributed by atoms with E-state index in [0.717, 1.165) is 22.4 Å². The van der Waals surface area contributed by atoms with Crippen molar-refractivity contribution in [1.29, 1.82) is 5.26 Å². The molecule has 0 spiro atoms. The Bertz CT molecular complexity index is 1550. The van der Waals surface area contributed by atoms with Crippen LogP contribution in [-0.2, 0) is 6.54 Å². The summed E-state index contributed by atoms with van der Waals surface area (Å²) in [7, 11) is 1.54. The molecule has 0 fully saturated rings. The quantitative estimate of drug-likeness (QED) is 0.323. The number of aryl methyl sites for hydroxylation is 1. The maximum atomic E-state index is 11.1. The minimum absolute atomic E-state index is 0.00662. The zero-order valence-corrected chi connectivity index (χ0v) is 19.5. The molecule has 0 saturated carbocycles. The van der Waals surface area contributed by atoms with Crippen LogP contribution in [0.4, 0.5) is 5.69 Å². The van der Waals surface area contributed by atoms with E-state index in [-0.39, 0.29) is 23.7 Å². The van der Waals surface area contributed by atoms with Crippen LogP contribution in [0.2, 0.25) is 0 Å². The van der Waals surface area contributed by atoms with Crippen LogP contribution in [0, 0.1) is 28.4 Å². The van der Waals surface area contributed by atoms with E-state index in [0.29, 0.717) is 17.3 Å². The average Bonchev–Trinajstić information content (AvgIpc) is 3.48. The van der Waals surface area contributed by atoms with Crippen molar-refractivity contribution < 1.29 is 14.4 Å². The van der Waals surface area contributed by atoms with Crippen molar-refractivity contribution in [3.8, 4) is 23.4 Å². The predicted molar refractivity (Wildman–Crippen MR) is 129 cm³/mol. The zero-order valence-electron chi connectivity index (χ0n) is 19.5. The molecular weight excluding hydrogens is 462 g/mol. The molecular formula is C25H21N7O4. The van der Waals surface area contributed by atoms with Crippen LogP contribution in [0.5, 0.6) is 11.6 Å². The highest BCUT2D eigenvalue weighted by Gasteiger charge is 2.36. The Morgan fingerprint density at radius 3 is 2.72 bits per heavy atom. The number of nitriles is 1. The molecule has 1 aliphatic heterocycles. The first-order valence-corrected chi connectivity index (χ1v) is 11.0. The van der Waals surface area contributed by atoms with Gasteiger partial charge in [-0.2, -0.15) is 15.5 Å². The molecule has 2 N–H and O–H groups in total. The fourth-order valence-electron chi connectivity index (χ4n) is 4.40. The van der Waals surface area contributed by atoms with E-state index in [9.17, 15) is 15.4 Å². The summed E-state index contributed by atoms with van der Waals surface area (Å²) in [6, 6.07) is 17.2. The van der Waals surface area contributed by atoms with Gasteiger partial charge in [-0.1, -0.05) is 24.3 Å². The number of hydrogen-bond donors (Lipinski definition) is 1. The second kappa shape index (κ2) is 8.92. The van der Waals surface area contributed by atoms with Crippen LogP contribution < -0.4 is 15.2 Å². The molecule has 0 saturated heterocycles. The lowest BCUT2D eigenvalue weighted by Crippen LogP contribution is -2.22. The highest BCUT2D eigenvalue weighted by Crippen LogP contribution is 2.45. The third-order valence-electron chi connectivity index (χ3n) is 6.03. The molecule has 3 heterocycles. The van der Waals surface area contributed by atoms with Gasteiger partial charge in [-0.15, -0.1) is 0 Å². The van der Waals surface area contributed by atoms with E-state index in [1.54, 1.807) is 17.9 Å². The fourth-order valence-corrected chi connectivity index (χ4v) is 4.40. The van der Waals surface area contributed by atoms with Crippen molar-refractivity contribution in [1.82, 2.24) is 19.6 Å². The molecule has 0 amide bonds. The van der Waals surface area contributed by atoms with E-state index in [4.69, 9.17) is 15.2 Å². The van der Waals surface area contributed by atoms with Crippen molar-refractivity contribution in [2.24, 2.45) is 5.73 Å². The van der Waals surface area contributed by atoms with Gasteiger partial charge in [0.15, 0.2) is 0 Å². The maximum absolute atomic E-state index is 11.1. The third kappa shape index (κ3) is 3.80. The number of allylic oxidation sites excluding steroid dienone is 1. The van der Waals surface area contributed by atoms with Crippen LogP contribution in [0.1, 0.15) is 28.3 Å². The van der Waals surface area contributed by atoms with Crippen molar-refractivity contribution in [2.75, 3.05) is 7.11 Å². The normalized spacial score (nSPS) is 14.6. The van der Waals surface area contributed by atoms with Crippen molar-refractivity contribution in [3.63, 3.8) is 0 Å². The summed E-state index contributed by atoms with van der Waals surface area (Å²) in [5, 5.41) is 29.8. The van der Waals surface area contributed by atoms with Crippen molar-refractivity contribution in [3.05, 3.63) is 105 Å². The first kappa shape index (κ1) is 22.7. The SMILES string of the molecule is COc1ccc(C2C(C#N)=C(N)Oc3c2c(C)nn3-c2ccccc2)cc1Cn1cc([N+](=O)[O-])cn1. The number of rotatable bonds is 6. The molecule has 11 nitrogen and oxygen atoms in total. The van der Waals surface area contributed by atoms with Crippen LogP contribution in [0.15, 0.2) is 72.4 Å². The fraction of sp³-hybridized carbons (Fsp3) is 0.160. The number of methoxy groups -OCH3 is 1. The van der Waals surface area contributed by atoms with E-state index < -0.39 is 10.8 Å². The largest absolute Gasteiger partial charge is 0.496 e. The van der Waals surface area contributed by atoms with E-state index in [1.165, 1.54) is 17.1 Å². The number of ether oxygens (including phenoxy) is 2. The molecule has 180 valence electrons. The lowest BCUT2D eigenvalue weighted by molar-refractivity contribution is -0.385. The predicted octanol–water partition coefficient (Wildman–Crippen LogP) is 3.56. The van der Waals surface area contributed by atoms with Crippen LogP contribution in [0.3, 0.4) is 0 Å². The molecule has 2 aromatic heterocycles. The molecule has 5 rings (SSSR count). The smallest absolute Gasteiger partial charge is 0.307 e. The first-order valence-electron chi connectivity index (χ1n) is 11.0. The second-order valence-electron chi connectivity index (χ2n) is 8.20. The molecule has 1 aliphatic rings. The van der Waals surface area contributed by atoms with Gasteiger partial charge >= 0.3 is 5.69 Å². The van der Waals surface area contributed by atoms with Crippen LogP contribution >= 0.6 is 0 Å². The summed E-state index contributed by atoms with van der Waals surface area (Å²) in [5.41, 5.74) is 10.1. The second-order valence-corrected chi connectivity index (χ2v) is 8.20. The summed E-state index contributed by atoms with van der Waals surface area (Å²) in [4.78, 5) is 10.6. The Morgan fingerprint density at radius 1 is 1.28 bits per heavy atom. The number of fused-ring (bicyclic) bond motifs is 1. The molecule has 0 aliphatic carbocycles. The number of hydrogen-bond acceptors (Lipinski definition) is 8. The maximum Gasteiger partial charge on any atom is 0.307 e. The number of nitro groups is 1. The molecule has 0 radical (unpaired) electrons. The van der Waals surface area contributed by atoms with Gasteiger partial charge in [-0.05, 0) is 36.8 Å². The highest BCUT2D eigenvalue weighted by atomic mass is 16.6. The van der Waals surface area contributed by atoms with Gasteiger partial charge in [0, 0.05) is 5.56 Å². The van der Waals surface area contributed by atoms with Gasteiger partial charge in [-0.3, -0.25) is 14.8 Å². The summed E-state index contributed by atoms with van der Waals surface area (Å²) < 4.78 is 14.6. The van der Waals surface area contributed by atoms with Gasteiger partial charge in [0.2, 0.25) is 11.8 Å². The van der Waals surface area contributed by atoms with Crippen LogP contribution in [-0.4, -0.2) is 31.6 Å². The van der Waals surface area contributed by atoms with Crippen molar-refractivity contribution in [2.45, 2.75) is 19.4 Å².